The smallest absolute Gasteiger partial charge is 0.328 e. The zero-order valence-electron chi connectivity index (χ0n) is 11.6. The molecule has 5 heteroatoms. The molecule has 19 heavy (non-hydrogen) atoms. The van der Waals surface area contributed by atoms with E-state index < -0.39 is 12.0 Å². The van der Waals surface area contributed by atoms with Crippen LogP contribution in [0.4, 0.5) is 0 Å². The van der Waals surface area contributed by atoms with Crippen molar-refractivity contribution in [1.29, 1.82) is 0 Å². The minimum atomic E-state index is -0.680. The van der Waals surface area contributed by atoms with Crippen molar-refractivity contribution in [1.82, 2.24) is 5.32 Å². The average molecular weight is 265 g/mol. The summed E-state index contributed by atoms with van der Waals surface area (Å²) < 4.78 is 9.92. The van der Waals surface area contributed by atoms with E-state index in [4.69, 9.17) is 4.74 Å². The first kappa shape index (κ1) is 15.0. The summed E-state index contributed by atoms with van der Waals surface area (Å²) in [6.07, 6.45) is 0. The highest BCUT2D eigenvalue weighted by molar-refractivity contribution is 5.84. The molecule has 1 amide bonds. The molecular weight excluding hydrogens is 246 g/mol. The van der Waals surface area contributed by atoms with Crippen LogP contribution in [0.5, 0.6) is 5.75 Å². The summed E-state index contributed by atoms with van der Waals surface area (Å²) in [4.78, 5) is 22.7. The zero-order valence-corrected chi connectivity index (χ0v) is 11.6. The number of ether oxygens (including phenoxy) is 2. The summed E-state index contributed by atoms with van der Waals surface area (Å²) in [5.74, 6) is -0.191. The fourth-order valence-electron chi connectivity index (χ4n) is 1.62. The van der Waals surface area contributed by atoms with Crippen molar-refractivity contribution in [3.8, 4) is 5.75 Å². The van der Waals surface area contributed by atoms with Gasteiger partial charge in [0.1, 0.15) is 11.8 Å². The van der Waals surface area contributed by atoms with Gasteiger partial charge in [-0.05, 0) is 32.4 Å². The van der Waals surface area contributed by atoms with Crippen LogP contribution in [0.25, 0.3) is 0 Å². The van der Waals surface area contributed by atoms with Crippen LogP contribution in [0, 0.1) is 13.8 Å². The van der Waals surface area contributed by atoms with Crippen molar-refractivity contribution in [3.05, 3.63) is 29.3 Å². The SMILES string of the molecule is COC(=O)C(C)NC(=O)COc1ccc(C)cc1C. The summed E-state index contributed by atoms with van der Waals surface area (Å²) in [6.45, 7) is 5.32. The number of nitrogens with one attached hydrogen (secondary N) is 1. The molecule has 0 heterocycles. The Hall–Kier alpha value is -2.04. The van der Waals surface area contributed by atoms with Crippen molar-refractivity contribution in [3.63, 3.8) is 0 Å². The molecule has 0 aliphatic heterocycles. The van der Waals surface area contributed by atoms with Gasteiger partial charge in [0.2, 0.25) is 0 Å². The number of rotatable bonds is 5. The van der Waals surface area contributed by atoms with Gasteiger partial charge in [0.05, 0.1) is 7.11 Å². The fraction of sp³-hybridized carbons (Fsp3) is 0.429. The molecule has 1 unspecified atom stereocenters. The Morgan fingerprint density at radius 2 is 2.00 bits per heavy atom. The van der Waals surface area contributed by atoms with E-state index in [0.717, 1.165) is 11.1 Å². The van der Waals surface area contributed by atoms with E-state index >= 15 is 0 Å². The van der Waals surface area contributed by atoms with E-state index in [2.05, 4.69) is 10.1 Å². The second-order valence-electron chi connectivity index (χ2n) is 4.37. The number of carbonyl (C=O) groups excluding carboxylic acids is 2. The van der Waals surface area contributed by atoms with Gasteiger partial charge in [0.25, 0.3) is 5.91 Å². The van der Waals surface area contributed by atoms with Gasteiger partial charge in [0, 0.05) is 0 Å². The minimum absolute atomic E-state index is 0.134. The van der Waals surface area contributed by atoms with Gasteiger partial charge in [-0.3, -0.25) is 4.79 Å². The van der Waals surface area contributed by atoms with Gasteiger partial charge in [-0.25, -0.2) is 4.79 Å². The number of hydrogen-bond acceptors (Lipinski definition) is 4. The van der Waals surface area contributed by atoms with Crippen molar-refractivity contribution in [2.24, 2.45) is 0 Å². The first-order valence-electron chi connectivity index (χ1n) is 6.01. The maximum absolute atomic E-state index is 11.6. The summed E-state index contributed by atoms with van der Waals surface area (Å²) in [6, 6.07) is 5.03. The third-order valence-electron chi connectivity index (χ3n) is 2.62. The number of hydrogen-bond donors (Lipinski definition) is 1. The first-order valence-corrected chi connectivity index (χ1v) is 6.01. The van der Waals surface area contributed by atoms with Gasteiger partial charge in [0.15, 0.2) is 6.61 Å². The Kier molecular flexibility index (Phi) is 5.36. The van der Waals surface area contributed by atoms with E-state index in [1.54, 1.807) is 6.92 Å². The summed E-state index contributed by atoms with van der Waals surface area (Å²) in [5, 5.41) is 2.49. The highest BCUT2D eigenvalue weighted by Crippen LogP contribution is 2.18. The van der Waals surface area contributed by atoms with E-state index in [-0.39, 0.29) is 12.5 Å². The lowest BCUT2D eigenvalue weighted by molar-refractivity contribution is -0.144. The summed E-state index contributed by atoms with van der Waals surface area (Å²) in [7, 11) is 1.27. The number of carbonyl (C=O) groups is 2. The van der Waals surface area contributed by atoms with Crippen LogP contribution in [0.15, 0.2) is 18.2 Å². The monoisotopic (exact) mass is 265 g/mol. The van der Waals surface area contributed by atoms with E-state index in [1.165, 1.54) is 7.11 Å². The molecule has 1 aromatic rings. The molecule has 0 aliphatic carbocycles. The van der Waals surface area contributed by atoms with Crippen molar-refractivity contribution in [2.75, 3.05) is 13.7 Å². The van der Waals surface area contributed by atoms with E-state index in [0.29, 0.717) is 5.75 Å². The third kappa shape index (κ3) is 4.62. The largest absolute Gasteiger partial charge is 0.484 e. The highest BCUT2D eigenvalue weighted by Gasteiger charge is 2.16. The first-order chi connectivity index (χ1) is 8.93. The predicted octanol–water partition coefficient (Wildman–Crippen LogP) is 1.36. The van der Waals surface area contributed by atoms with Gasteiger partial charge < -0.3 is 14.8 Å². The van der Waals surface area contributed by atoms with Crippen LogP contribution in [0.3, 0.4) is 0 Å². The summed E-state index contributed by atoms with van der Waals surface area (Å²) >= 11 is 0. The van der Waals surface area contributed by atoms with Gasteiger partial charge in [-0.1, -0.05) is 17.7 Å². The van der Waals surface area contributed by atoms with E-state index in [1.807, 2.05) is 32.0 Å². The van der Waals surface area contributed by atoms with Crippen LogP contribution in [-0.2, 0) is 14.3 Å². The maximum Gasteiger partial charge on any atom is 0.328 e. The van der Waals surface area contributed by atoms with E-state index in [9.17, 15) is 9.59 Å². The predicted molar refractivity (Wildman–Crippen MR) is 71.0 cm³/mol. The number of aryl methyl sites for hydroxylation is 2. The molecule has 0 spiro atoms. The zero-order chi connectivity index (χ0) is 14.4. The maximum atomic E-state index is 11.6. The Morgan fingerprint density at radius 3 is 2.58 bits per heavy atom. The molecule has 1 aromatic carbocycles. The Bertz CT molecular complexity index is 471. The van der Waals surface area contributed by atoms with Crippen LogP contribution in [0.2, 0.25) is 0 Å². The topological polar surface area (TPSA) is 64.6 Å². The second-order valence-corrected chi connectivity index (χ2v) is 4.37. The third-order valence-corrected chi connectivity index (χ3v) is 2.62. The lowest BCUT2D eigenvalue weighted by Crippen LogP contribution is -2.41. The number of methoxy groups -OCH3 is 1. The molecule has 0 saturated carbocycles. The lowest BCUT2D eigenvalue weighted by atomic mass is 10.1. The van der Waals surface area contributed by atoms with Gasteiger partial charge >= 0.3 is 5.97 Å². The van der Waals surface area contributed by atoms with Crippen molar-refractivity contribution >= 4 is 11.9 Å². The molecule has 1 N–H and O–H groups in total. The normalized spacial score (nSPS) is 11.6. The standard InChI is InChI=1S/C14H19NO4/c1-9-5-6-12(10(2)7-9)19-8-13(16)15-11(3)14(17)18-4/h5-7,11H,8H2,1-4H3,(H,15,16). The van der Waals surface area contributed by atoms with Crippen LogP contribution >= 0.6 is 0 Å². The van der Waals surface area contributed by atoms with Crippen LogP contribution in [-0.4, -0.2) is 31.6 Å². The molecule has 0 fully saturated rings. The van der Waals surface area contributed by atoms with Crippen LogP contribution in [0.1, 0.15) is 18.1 Å². The molecule has 0 saturated heterocycles. The van der Waals surface area contributed by atoms with Crippen LogP contribution < -0.4 is 10.1 Å². The molecule has 0 bridgehead atoms. The van der Waals surface area contributed by atoms with Gasteiger partial charge in [-0.2, -0.15) is 0 Å². The second kappa shape index (κ2) is 6.78. The highest BCUT2D eigenvalue weighted by atomic mass is 16.5. The molecule has 1 rings (SSSR count). The quantitative estimate of drug-likeness (QED) is 0.816. The Balaban J connectivity index is 2.48. The van der Waals surface area contributed by atoms with Gasteiger partial charge in [-0.15, -0.1) is 0 Å². The lowest BCUT2D eigenvalue weighted by Gasteiger charge is -2.13. The average Bonchev–Trinajstić information content (AvgIpc) is 2.36. The molecule has 1 atom stereocenters. The molecule has 0 aliphatic rings. The Morgan fingerprint density at radius 1 is 1.32 bits per heavy atom. The molecule has 104 valence electrons. The summed E-state index contributed by atoms with van der Waals surface area (Å²) in [5.41, 5.74) is 2.10. The van der Waals surface area contributed by atoms with Crippen molar-refractivity contribution in [2.45, 2.75) is 26.8 Å². The Labute approximate surface area is 112 Å². The molecular formula is C14H19NO4. The van der Waals surface area contributed by atoms with Crippen molar-refractivity contribution < 1.29 is 19.1 Å². The number of benzene rings is 1. The molecule has 5 nitrogen and oxygen atoms in total. The fourth-order valence-corrected chi connectivity index (χ4v) is 1.62. The minimum Gasteiger partial charge on any atom is -0.484 e. The molecule has 0 aromatic heterocycles. The number of esters is 1. The number of amides is 1. The molecule has 0 radical (unpaired) electrons.